The van der Waals surface area contributed by atoms with Crippen molar-refractivity contribution < 1.29 is 14.3 Å². The minimum absolute atomic E-state index is 0.109. The number of rotatable bonds is 4. The Morgan fingerprint density at radius 1 is 1.27 bits per heavy atom. The number of nitrogens with one attached hydrogen (secondary N) is 2. The van der Waals surface area contributed by atoms with Crippen molar-refractivity contribution in [3.8, 4) is 11.5 Å². The van der Waals surface area contributed by atoms with E-state index in [2.05, 4.69) is 20.6 Å². The van der Waals surface area contributed by atoms with E-state index >= 15 is 0 Å². The van der Waals surface area contributed by atoms with Gasteiger partial charge in [0, 0.05) is 12.3 Å². The summed E-state index contributed by atoms with van der Waals surface area (Å²) in [6.45, 7) is 0.890. The molecule has 0 spiro atoms. The predicted molar refractivity (Wildman–Crippen MR) is 91.4 cm³/mol. The number of para-hydroxylation sites is 2. The molecule has 3 heterocycles. The fourth-order valence-electron chi connectivity index (χ4n) is 2.56. The highest BCUT2D eigenvalue weighted by atomic mass is 16.6. The summed E-state index contributed by atoms with van der Waals surface area (Å²) in [6.07, 6.45) is 3.03. The lowest BCUT2D eigenvalue weighted by Gasteiger charge is -2.26. The van der Waals surface area contributed by atoms with E-state index in [9.17, 15) is 9.59 Å². The van der Waals surface area contributed by atoms with Gasteiger partial charge in [-0.15, -0.1) is 0 Å². The van der Waals surface area contributed by atoms with Gasteiger partial charge in [0.2, 0.25) is 0 Å². The highest BCUT2D eigenvalue weighted by Crippen LogP contribution is 2.31. The van der Waals surface area contributed by atoms with Crippen LogP contribution < -0.4 is 20.3 Å². The first-order chi connectivity index (χ1) is 12.7. The predicted octanol–water partition coefficient (Wildman–Crippen LogP) is 1.06. The minimum atomic E-state index is -0.438. The summed E-state index contributed by atoms with van der Waals surface area (Å²) in [5.41, 5.74) is 0.253. The zero-order valence-corrected chi connectivity index (χ0v) is 13.6. The van der Waals surface area contributed by atoms with Crippen molar-refractivity contribution in [1.29, 1.82) is 0 Å². The first-order valence-corrected chi connectivity index (χ1v) is 7.95. The van der Waals surface area contributed by atoms with E-state index in [1.54, 1.807) is 10.9 Å². The van der Waals surface area contributed by atoms with Gasteiger partial charge in [-0.3, -0.25) is 14.3 Å². The van der Waals surface area contributed by atoms with Gasteiger partial charge in [-0.25, -0.2) is 5.10 Å². The van der Waals surface area contributed by atoms with Crippen molar-refractivity contribution in [2.45, 2.75) is 12.6 Å². The molecule has 0 fully saturated rings. The summed E-state index contributed by atoms with van der Waals surface area (Å²) < 4.78 is 13.2. The number of aromatic nitrogens is 4. The van der Waals surface area contributed by atoms with Gasteiger partial charge in [0.05, 0.1) is 18.4 Å². The molecule has 132 valence electrons. The molecule has 1 amide bonds. The lowest BCUT2D eigenvalue weighted by atomic mass is 10.2. The molecule has 1 atom stereocenters. The number of anilines is 1. The fraction of sp³-hybridized carbons (Fsp3) is 0.176. The molecular formula is C17H15N5O4. The largest absolute Gasteiger partial charge is 0.486 e. The molecule has 1 aromatic carbocycles. The van der Waals surface area contributed by atoms with Crippen LogP contribution in [-0.4, -0.2) is 38.6 Å². The maximum absolute atomic E-state index is 12.1. The molecule has 3 aromatic rings. The average molecular weight is 353 g/mol. The second kappa shape index (κ2) is 6.71. The van der Waals surface area contributed by atoms with Crippen LogP contribution in [0.4, 0.5) is 5.69 Å². The summed E-state index contributed by atoms with van der Waals surface area (Å²) in [4.78, 5) is 23.1. The molecule has 0 saturated carbocycles. The highest BCUT2D eigenvalue weighted by Gasteiger charge is 2.21. The second-order valence-corrected chi connectivity index (χ2v) is 5.71. The number of amides is 1. The van der Waals surface area contributed by atoms with E-state index in [1.165, 1.54) is 18.3 Å². The van der Waals surface area contributed by atoms with Gasteiger partial charge in [0.1, 0.15) is 12.3 Å². The molecular weight excluding hydrogens is 338 g/mol. The fourth-order valence-corrected chi connectivity index (χ4v) is 2.56. The Morgan fingerprint density at radius 3 is 2.92 bits per heavy atom. The van der Waals surface area contributed by atoms with E-state index in [1.807, 2.05) is 24.3 Å². The van der Waals surface area contributed by atoms with Crippen molar-refractivity contribution in [1.82, 2.24) is 20.0 Å². The van der Waals surface area contributed by atoms with Crippen LogP contribution in [0.15, 0.2) is 53.6 Å². The standard InChI is InChI=1S/C17H15N5O4/c23-16-6-5-13(20-21-16)17(24)19-11-7-18-22(8-11)9-12-10-25-14-3-1-2-4-15(14)26-12/h1-8,12H,9-10H2,(H,19,24)(H,21,23)/t12-/m0/s1. The van der Waals surface area contributed by atoms with Crippen molar-refractivity contribution in [2.24, 2.45) is 0 Å². The second-order valence-electron chi connectivity index (χ2n) is 5.71. The zero-order valence-electron chi connectivity index (χ0n) is 13.6. The molecule has 0 saturated heterocycles. The van der Waals surface area contributed by atoms with Gasteiger partial charge >= 0.3 is 0 Å². The zero-order chi connectivity index (χ0) is 17.9. The van der Waals surface area contributed by atoms with Crippen LogP contribution >= 0.6 is 0 Å². The lowest BCUT2D eigenvalue weighted by Crippen LogP contribution is -2.33. The summed E-state index contributed by atoms with van der Waals surface area (Å²) in [6, 6.07) is 10.1. The summed E-state index contributed by atoms with van der Waals surface area (Å²) in [5.74, 6) is 0.992. The maximum atomic E-state index is 12.1. The van der Waals surface area contributed by atoms with Crippen molar-refractivity contribution in [2.75, 3.05) is 11.9 Å². The first kappa shape index (κ1) is 15.9. The molecule has 0 aliphatic carbocycles. The normalized spacial score (nSPS) is 15.5. The third-order valence-corrected chi connectivity index (χ3v) is 3.76. The third-order valence-electron chi connectivity index (χ3n) is 3.76. The number of carbonyl (C=O) groups excluding carboxylic acids is 1. The molecule has 0 unspecified atom stereocenters. The topological polar surface area (TPSA) is 111 Å². The molecule has 0 bridgehead atoms. The van der Waals surface area contributed by atoms with Crippen molar-refractivity contribution in [3.05, 3.63) is 64.8 Å². The summed E-state index contributed by atoms with van der Waals surface area (Å²) >= 11 is 0. The molecule has 9 heteroatoms. The number of fused-ring (bicyclic) bond motifs is 1. The number of nitrogens with zero attached hydrogens (tertiary/aromatic N) is 3. The van der Waals surface area contributed by atoms with Gasteiger partial charge in [-0.1, -0.05) is 12.1 Å². The van der Waals surface area contributed by atoms with Gasteiger partial charge in [0.25, 0.3) is 11.5 Å². The van der Waals surface area contributed by atoms with E-state index < -0.39 is 5.91 Å². The minimum Gasteiger partial charge on any atom is -0.486 e. The SMILES string of the molecule is O=C(Nc1cnn(C[C@H]2COc3ccccc3O2)c1)c1ccc(=O)[nH]n1. The smallest absolute Gasteiger partial charge is 0.276 e. The number of ether oxygens (including phenoxy) is 2. The Labute approximate surface area is 147 Å². The Kier molecular flexibility index (Phi) is 4.10. The van der Waals surface area contributed by atoms with E-state index in [-0.39, 0.29) is 17.4 Å². The van der Waals surface area contributed by atoms with E-state index in [0.29, 0.717) is 24.6 Å². The Hall–Kier alpha value is -3.62. The lowest BCUT2D eigenvalue weighted by molar-refractivity contribution is 0.0759. The number of carbonyl (C=O) groups is 1. The molecule has 2 N–H and O–H groups in total. The van der Waals surface area contributed by atoms with Gasteiger partial charge < -0.3 is 14.8 Å². The summed E-state index contributed by atoms with van der Waals surface area (Å²) in [7, 11) is 0. The van der Waals surface area contributed by atoms with E-state index in [4.69, 9.17) is 9.47 Å². The Morgan fingerprint density at radius 2 is 2.12 bits per heavy atom. The molecule has 1 aliphatic heterocycles. The number of hydrogen-bond donors (Lipinski definition) is 2. The van der Waals surface area contributed by atoms with Gasteiger partial charge in [-0.2, -0.15) is 10.2 Å². The molecule has 4 rings (SSSR count). The number of aromatic amines is 1. The van der Waals surface area contributed by atoms with Crippen LogP contribution in [-0.2, 0) is 6.54 Å². The van der Waals surface area contributed by atoms with Crippen LogP contribution in [0, 0.1) is 0 Å². The molecule has 1 aliphatic rings. The van der Waals surface area contributed by atoms with E-state index in [0.717, 1.165) is 5.75 Å². The number of hydrogen-bond acceptors (Lipinski definition) is 6. The van der Waals surface area contributed by atoms with Crippen LogP contribution in [0.1, 0.15) is 10.5 Å². The summed E-state index contributed by atoms with van der Waals surface area (Å²) in [5, 5.41) is 12.8. The Balaban J connectivity index is 1.38. The highest BCUT2D eigenvalue weighted by molar-refractivity contribution is 6.02. The van der Waals surface area contributed by atoms with Gasteiger partial charge in [-0.05, 0) is 18.2 Å². The third kappa shape index (κ3) is 3.41. The van der Waals surface area contributed by atoms with Crippen LogP contribution in [0.2, 0.25) is 0 Å². The van der Waals surface area contributed by atoms with Crippen molar-refractivity contribution in [3.63, 3.8) is 0 Å². The quantitative estimate of drug-likeness (QED) is 0.725. The molecule has 0 radical (unpaired) electrons. The monoisotopic (exact) mass is 353 g/mol. The first-order valence-electron chi connectivity index (χ1n) is 7.95. The van der Waals surface area contributed by atoms with Crippen molar-refractivity contribution >= 4 is 11.6 Å². The molecule has 26 heavy (non-hydrogen) atoms. The van der Waals surface area contributed by atoms with Crippen LogP contribution in [0.5, 0.6) is 11.5 Å². The maximum Gasteiger partial charge on any atom is 0.276 e. The average Bonchev–Trinajstić information content (AvgIpc) is 3.09. The van der Waals surface area contributed by atoms with Crippen LogP contribution in [0.25, 0.3) is 0 Å². The number of H-pyrrole nitrogens is 1. The Bertz CT molecular complexity index is 976. The molecule has 9 nitrogen and oxygen atoms in total. The number of benzene rings is 1. The molecule has 2 aromatic heterocycles. The van der Waals surface area contributed by atoms with Crippen LogP contribution in [0.3, 0.4) is 0 Å². The van der Waals surface area contributed by atoms with Gasteiger partial charge in [0.15, 0.2) is 17.6 Å².